The zero-order valence-corrected chi connectivity index (χ0v) is 19.7. The van der Waals surface area contributed by atoms with Gasteiger partial charge in [-0.15, -0.1) is 5.10 Å². The molecule has 4 N–H and O–H groups in total. The third-order valence-corrected chi connectivity index (χ3v) is 7.38. The van der Waals surface area contributed by atoms with Gasteiger partial charge in [0.2, 0.25) is 5.91 Å². The van der Waals surface area contributed by atoms with E-state index in [1.54, 1.807) is 6.20 Å². The number of nitrogen functional groups attached to an aromatic ring is 1. The lowest BCUT2D eigenvalue weighted by Gasteiger charge is -2.24. The molecule has 2 aromatic heterocycles. The van der Waals surface area contributed by atoms with Gasteiger partial charge in [-0.2, -0.15) is 0 Å². The SMILES string of the molecule is Cc1cc(-c2ccn3nc(N)c(C(=O)N[C@H]4CNC(=O)C4)c3n2)cc2c1C(=O)N(C(C)C1CC1)C2. The van der Waals surface area contributed by atoms with Gasteiger partial charge in [-0.1, -0.05) is 0 Å². The number of carbonyl (C=O) groups excluding carboxylic acids is 3. The normalized spacial score (nSPS) is 20.3. The Morgan fingerprint density at radius 2 is 2.09 bits per heavy atom. The predicted molar refractivity (Wildman–Crippen MR) is 129 cm³/mol. The van der Waals surface area contributed by atoms with Crippen molar-refractivity contribution in [2.45, 2.75) is 51.7 Å². The number of fused-ring (bicyclic) bond motifs is 2. The van der Waals surface area contributed by atoms with Crippen molar-refractivity contribution in [3.63, 3.8) is 0 Å². The van der Waals surface area contributed by atoms with Crippen LogP contribution in [-0.2, 0) is 11.3 Å². The van der Waals surface area contributed by atoms with Crippen LogP contribution in [-0.4, -0.2) is 55.8 Å². The number of carbonyl (C=O) groups is 3. The van der Waals surface area contributed by atoms with Crippen LogP contribution in [0.4, 0.5) is 5.82 Å². The third-order valence-electron chi connectivity index (χ3n) is 7.38. The number of hydrogen-bond acceptors (Lipinski definition) is 6. The summed E-state index contributed by atoms with van der Waals surface area (Å²) in [5.74, 6) is 0.273. The molecule has 1 saturated heterocycles. The Kier molecular flexibility index (Phi) is 4.80. The molecular formula is C25H27N7O3. The van der Waals surface area contributed by atoms with Gasteiger partial charge in [0.25, 0.3) is 11.8 Å². The van der Waals surface area contributed by atoms with Gasteiger partial charge in [-0.05, 0) is 61.9 Å². The summed E-state index contributed by atoms with van der Waals surface area (Å²) in [6, 6.07) is 5.76. The second kappa shape index (κ2) is 7.79. The Labute approximate surface area is 201 Å². The Hall–Kier alpha value is -3.95. The highest BCUT2D eigenvalue weighted by Crippen LogP contribution is 2.39. The molecule has 2 aliphatic heterocycles. The average molecular weight is 474 g/mol. The minimum Gasteiger partial charge on any atom is -0.381 e. The van der Waals surface area contributed by atoms with Crippen molar-refractivity contribution >= 4 is 29.2 Å². The molecule has 4 heterocycles. The van der Waals surface area contributed by atoms with Crippen molar-refractivity contribution in [1.82, 2.24) is 30.1 Å². The van der Waals surface area contributed by atoms with Gasteiger partial charge >= 0.3 is 0 Å². The largest absolute Gasteiger partial charge is 0.381 e. The minimum atomic E-state index is -0.413. The van der Waals surface area contributed by atoms with Crippen molar-refractivity contribution in [1.29, 1.82) is 0 Å². The predicted octanol–water partition coefficient (Wildman–Crippen LogP) is 1.66. The Balaban J connectivity index is 1.34. The Morgan fingerprint density at radius 3 is 2.80 bits per heavy atom. The number of aryl methyl sites for hydroxylation is 1. The molecule has 35 heavy (non-hydrogen) atoms. The van der Waals surface area contributed by atoms with E-state index in [1.165, 1.54) is 17.4 Å². The van der Waals surface area contributed by atoms with Crippen LogP contribution < -0.4 is 16.4 Å². The van der Waals surface area contributed by atoms with Crippen LogP contribution in [0.5, 0.6) is 0 Å². The first kappa shape index (κ1) is 21.6. The Bertz CT molecular complexity index is 1410. The second-order valence-electron chi connectivity index (χ2n) is 9.86. The summed E-state index contributed by atoms with van der Waals surface area (Å²) in [5.41, 5.74) is 10.8. The van der Waals surface area contributed by atoms with Crippen LogP contribution in [0.3, 0.4) is 0 Å². The quantitative estimate of drug-likeness (QED) is 0.516. The van der Waals surface area contributed by atoms with Crippen molar-refractivity contribution in [3.05, 3.63) is 46.6 Å². The van der Waals surface area contributed by atoms with Crippen molar-refractivity contribution < 1.29 is 14.4 Å². The first-order valence-electron chi connectivity index (χ1n) is 12.0. The maximum Gasteiger partial charge on any atom is 0.259 e. The summed E-state index contributed by atoms with van der Waals surface area (Å²) in [5, 5.41) is 9.78. The van der Waals surface area contributed by atoms with E-state index in [2.05, 4.69) is 22.7 Å². The molecule has 1 saturated carbocycles. The van der Waals surface area contributed by atoms with Crippen LogP contribution in [0, 0.1) is 12.8 Å². The summed E-state index contributed by atoms with van der Waals surface area (Å²) in [6.07, 6.45) is 4.33. The monoisotopic (exact) mass is 473 g/mol. The lowest BCUT2D eigenvalue weighted by molar-refractivity contribution is -0.119. The van der Waals surface area contributed by atoms with Crippen molar-refractivity contribution in [2.75, 3.05) is 12.3 Å². The van der Waals surface area contributed by atoms with E-state index in [0.717, 1.165) is 22.3 Å². The fourth-order valence-electron chi connectivity index (χ4n) is 5.29. The maximum absolute atomic E-state index is 13.1. The number of nitrogens with zero attached hydrogens (tertiary/aromatic N) is 4. The topological polar surface area (TPSA) is 135 Å². The number of aromatic nitrogens is 3. The first-order chi connectivity index (χ1) is 16.8. The molecule has 3 aliphatic rings. The number of anilines is 1. The number of benzene rings is 1. The number of nitrogens with one attached hydrogen (secondary N) is 2. The highest BCUT2D eigenvalue weighted by molar-refractivity contribution is 6.05. The highest BCUT2D eigenvalue weighted by Gasteiger charge is 2.39. The minimum absolute atomic E-state index is 0.0740. The van der Waals surface area contributed by atoms with E-state index in [0.29, 0.717) is 30.3 Å². The number of rotatable bonds is 5. The van der Waals surface area contributed by atoms with E-state index in [-0.39, 0.29) is 41.7 Å². The van der Waals surface area contributed by atoms with Gasteiger partial charge in [0.05, 0.1) is 11.7 Å². The zero-order valence-electron chi connectivity index (χ0n) is 19.7. The van der Waals surface area contributed by atoms with Crippen LogP contribution in [0.1, 0.15) is 58.0 Å². The van der Waals surface area contributed by atoms with Gasteiger partial charge in [0.15, 0.2) is 11.5 Å². The number of nitrogens with two attached hydrogens (primary N) is 1. The second-order valence-corrected chi connectivity index (χ2v) is 9.86. The van der Waals surface area contributed by atoms with Gasteiger partial charge in [-0.25, -0.2) is 9.50 Å². The van der Waals surface area contributed by atoms with E-state index in [4.69, 9.17) is 10.7 Å². The molecule has 6 rings (SSSR count). The van der Waals surface area contributed by atoms with E-state index in [9.17, 15) is 14.4 Å². The van der Waals surface area contributed by atoms with Crippen LogP contribution in [0.15, 0.2) is 24.4 Å². The molecule has 2 fully saturated rings. The summed E-state index contributed by atoms with van der Waals surface area (Å²) < 4.78 is 1.48. The van der Waals surface area contributed by atoms with Crippen molar-refractivity contribution in [2.24, 2.45) is 5.92 Å². The summed E-state index contributed by atoms with van der Waals surface area (Å²) >= 11 is 0. The van der Waals surface area contributed by atoms with E-state index in [1.807, 2.05) is 30.0 Å². The van der Waals surface area contributed by atoms with E-state index < -0.39 is 5.91 Å². The molecule has 0 radical (unpaired) electrons. The van der Waals surface area contributed by atoms with Crippen molar-refractivity contribution in [3.8, 4) is 11.3 Å². The molecule has 0 spiro atoms. The number of amides is 3. The molecule has 10 nitrogen and oxygen atoms in total. The fourth-order valence-corrected chi connectivity index (χ4v) is 5.29. The fraction of sp³-hybridized carbons (Fsp3) is 0.400. The molecular weight excluding hydrogens is 446 g/mol. The summed E-state index contributed by atoms with van der Waals surface area (Å²) in [7, 11) is 0. The third kappa shape index (κ3) is 3.60. The molecule has 0 bridgehead atoms. The van der Waals surface area contributed by atoms with Gasteiger partial charge in [-0.3, -0.25) is 14.4 Å². The molecule has 2 atom stereocenters. The Morgan fingerprint density at radius 1 is 1.29 bits per heavy atom. The van der Waals surface area contributed by atoms with Crippen LogP contribution in [0.2, 0.25) is 0 Å². The summed E-state index contributed by atoms with van der Waals surface area (Å²) in [4.78, 5) is 44.3. The molecule has 1 aliphatic carbocycles. The lowest BCUT2D eigenvalue weighted by Crippen LogP contribution is -2.36. The van der Waals surface area contributed by atoms with E-state index >= 15 is 0 Å². The first-order valence-corrected chi connectivity index (χ1v) is 12.0. The molecule has 1 unspecified atom stereocenters. The molecule has 3 amide bonds. The number of hydrogen-bond donors (Lipinski definition) is 3. The average Bonchev–Trinajstić information content (AvgIpc) is 3.39. The van der Waals surface area contributed by atoms with Crippen LogP contribution in [0.25, 0.3) is 16.9 Å². The summed E-state index contributed by atoms with van der Waals surface area (Å²) in [6.45, 7) is 5.08. The smallest absolute Gasteiger partial charge is 0.259 e. The lowest BCUT2D eigenvalue weighted by atomic mass is 9.98. The molecule has 180 valence electrons. The molecule has 1 aromatic carbocycles. The maximum atomic E-state index is 13.1. The molecule has 10 heteroatoms. The van der Waals surface area contributed by atoms with Gasteiger partial charge in [0.1, 0.15) is 5.56 Å². The van der Waals surface area contributed by atoms with Gasteiger partial charge in [0, 0.05) is 42.9 Å². The highest BCUT2D eigenvalue weighted by atomic mass is 16.2. The van der Waals surface area contributed by atoms with Gasteiger partial charge < -0.3 is 21.3 Å². The molecule has 3 aromatic rings. The standard InChI is InChI=1S/C25H27N7O3/c1-12-7-15(8-16-11-31(25(35)20(12)16)13(2)14-3-4-14)18-5-6-32-23(29-18)21(22(26)30-32)24(34)28-17-9-19(33)27-10-17/h5-8,13-14,17H,3-4,9-11H2,1-2H3,(H2,26,30)(H,27,33)(H,28,34)/t13?,17-/m1/s1. The van der Waals surface area contributed by atoms with Crippen LogP contribution >= 0.6 is 0 Å². The zero-order chi connectivity index (χ0) is 24.4.